The number of carboxylic acid groups (broad SMARTS) is 1. The highest BCUT2D eigenvalue weighted by molar-refractivity contribution is 5.95. The largest absolute Gasteiger partial charge is 0.478 e. The maximum absolute atomic E-state index is 11.1. The van der Waals surface area contributed by atoms with E-state index in [1.54, 1.807) is 24.3 Å². The average Bonchev–Trinajstić information content (AvgIpc) is 2.70. The van der Waals surface area contributed by atoms with Gasteiger partial charge < -0.3 is 10.4 Å². The summed E-state index contributed by atoms with van der Waals surface area (Å²) in [6, 6.07) is 6.80. The van der Waals surface area contributed by atoms with Crippen LogP contribution in [0.1, 0.15) is 28.5 Å². The van der Waals surface area contributed by atoms with Crippen molar-refractivity contribution in [2.75, 3.05) is 5.32 Å². The number of carboxylic acids is 1. The zero-order chi connectivity index (χ0) is 13.1. The Labute approximate surface area is 105 Å². The summed E-state index contributed by atoms with van der Waals surface area (Å²) in [5.74, 6) is -0.198. The summed E-state index contributed by atoms with van der Waals surface area (Å²) in [4.78, 5) is 11.1. The maximum atomic E-state index is 11.1. The molecule has 0 aliphatic rings. The van der Waals surface area contributed by atoms with E-state index >= 15 is 0 Å². The van der Waals surface area contributed by atoms with Crippen LogP contribution in [0, 0.1) is 6.92 Å². The molecule has 0 spiro atoms. The molecule has 0 fully saturated rings. The Bertz CT molecular complexity index is 575. The highest BCUT2D eigenvalue weighted by atomic mass is 16.4. The Morgan fingerprint density at radius 3 is 2.83 bits per heavy atom. The van der Waals surface area contributed by atoms with Crippen LogP contribution < -0.4 is 5.32 Å². The van der Waals surface area contributed by atoms with Crippen LogP contribution in [0.3, 0.4) is 0 Å². The van der Waals surface area contributed by atoms with Crippen LogP contribution >= 0.6 is 0 Å². The van der Waals surface area contributed by atoms with Gasteiger partial charge >= 0.3 is 5.97 Å². The number of aromatic nitrogens is 2. The van der Waals surface area contributed by atoms with E-state index in [9.17, 15) is 4.79 Å². The van der Waals surface area contributed by atoms with Crippen LogP contribution in [0.25, 0.3) is 0 Å². The SMILES string of the molecule is CCc1c(C)n[nH]c1Nc1ccccc1C(=O)O. The first kappa shape index (κ1) is 12.2. The number of para-hydroxylation sites is 1. The Kier molecular flexibility index (Phi) is 3.32. The van der Waals surface area contributed by atoms with Crippen molar-refractivity contribution < 1.29 is 9.90 Å². The summed E-state index contributed by atoms with van der Waals surface area (Å²) in [5, 5.41) is 19.2. The molecular weight excluding hydrogens is 230 g/mol. The van der Waals surface area contributed by atoms with Crippen LogP contribution in [0.15, 0.2) is 24.3 Å². The lowest BCUT2D eigenvalue weighted by atomic mass is 10.1. The lowest BCUT2D eigenvalue weighted by Crippen LogP contribution is -2.03. The number of H-pyrrole nitrogens is 1. The molecule has 0 aliphatic carbocycles. The number of aromatic carboxylic acids is 1. The molecule has 1 heterocycles. The fraction of sp³-hybridized carbons (Fsp3) is 0.231. The molecule has 0 aliphatic heterocycles. The van der Waals surface area contributed by atoms with E-state index < -0.39 is 5.97 Å². The summed E-state index contributed by atoms with van der Waals surface area (Å²) < 4.78 is 0. The second-order valence-corrected chi connectivity index (χ2v) is 3.99. The summed E-state index contributed by atoms with van der Waals surface area (Å²) in [7, 11) is 0. The first-order valence-electron chi connectivity index (χ1n) is 5.76. The molecule has 5 nitrogen and oxygen atoms in total. The highest BCUT2D eigenvalue weighted by Crippen LogP contribution is 2.24. The minimum absolute atomic E-state index is 0.242. The van der Waals surface area contributed by atoms with E-state index in [0.29, 0.717) is 5.69 Å². The van der Waals surface area contributed by atoms with Crippen molar-refractivity contribution >= 4 is 17.5 Å². The smallest absolute Gasteiger partial charge is 0.337 e. The number of hydrogen-bond acceptors (Lipinski definition) is 3. The van der Waals surface area contributed by atoms with Crippen LogP contribution in [-0.2, 0) is 6.42 Å². The third kappa shape index (κ3) is 2.20. The van der Waals surface area contributed by atoms with Gasteiger partial charge in [-0.1, -0.05) is 19.1 Å². The Morgan fingerprint density at radius 1 is 1.44 bits per heavy atom. The molecule has 0 amide bonds. The van der Waals surface area contributed by atoms with Crippen molar-refractivity contribution in [3.8, 4) is 0 Å². The quantitative estimate of drug-likeness (QED) is 0.774. The lowest BCUT2D eigenvalue weighted by molar-refractivity contribution is 0.0698. The van der Waals surface area contributed by atoms with Crippen molar-refractivity contribution in [3.63, 3.8) is 0 Å². The monoisotopic (exact) mass is 245 g/mol. The predicted octanol–water partition coefficient (Wildman–Crippen LogP) is 2.72. The van der Waals surface area contributed by atoms with Gasteiger partial charge in [0.05, 0.1) is 16.9 Å². The van der Waals surface area contributed by atoms with Crippen molar-refractivity contribution in [3.05, 3.63) is 41.1 Å². The number of nitrogens with one attached hydrogen (secondary N) is 2. The molecule has 0 radical (unpaired) electrons. The van der Waals surface area contributed by atoms with E-state index in [1.165, 1.54) is 0 Å². The molecule has 2 aromatic rings. The molecule has 0 unspecified atom stereocenters. The zero-order valence-corrected chi connectivity index (χ0v) is 10.3. The maximum Gasteiger partial charge on any atom is 0.337 e. The second kappa shape index (κ2) is 4.91. The molecule has 0 bridgehead atoms. The number of nitrogens with zero attached hydrogens (tertiary/aromatic N) is 1. The van der Waals surface area contributed by atoms with Gasteiger partial charge in [0.15, 0.2) is 0 Å². The molecular formula is C13H15N3O2. The molecule has 18 heavy (non-hydrogen) atoms. The number of anilines is 2. The molecule has 2 rings (SSSR count). The number of rotatable bonds is 4. The van der Waals surface area contributed by atoms with Crippen molar-refractivity contribution in [2.45, 2.75) is 20.3 Å². The van der Waals surface area contributed by atoms with Gasteiger partial charge in [0.2, 0.25) is 0 Å². The Hall–Kier alpha value is -2.30. The third-order valence-electron chi connectivity index (χ3n) is 2.84. The standard InChI is InChI=1S/C13H15N3O2/c1-3-9-8(2)15-16-12(9)14-11-7-5-4-6-10(11)13(17)18/h4-7H,3H2,1-2H3,(H,17,18)(H2,14,15,16). The van der Waals surface area contributed by atoms with E-state index in [1.807, 2.05) is 13.8 Å². The molecule has 1 aromatic heterocycles. The summed E-state index contributed by atoms with van der Waals surface area (Å²) >= 11 is 0. The van der Waals surface area contributed by atoms with E-state index in [2.05, 4.69) is 15.5 Å². The Balaban J connectivity index is 2.37. The van der Waals surface area contributed by atoms with Gasteiger partial charge in [-0.15, -0.1) is 0 Å². The lowest BCUT2D eigenvalue weighted by Gasteiger charge is -2.09. The predicted molar refractivity (Wildman–Crippen MR) is 69.4 cm³/mol. The molecule has 94 valence electrons. The third-order valence-corrected chi connectivity index (χ3v) is 2.84. The van der Waals surface area contributed by atoms with Crippen LogP contribution in [0.4, 0.5) is 11.5 Å². The summed E-state index contributed by atoms with van der Waals surface area (Å²) in [6.45, 7) is 3.95. The fourth-order valence-electron chi connectivity index (χ4n) is 1.90. The summed E-state index contributed by atoms with van der Waals surface area (Å²) in [6.07, 6.45) is 0.833. The first-order valence-corrected chi connectivity index (χ1v) is 5.76. The molecule has 0 atom stereocenters. The Morgan fingerprint density at radius 2 is 2.17 bits per heavy atom. The topological polar surface area (TPSA) is 78.0 Å². The number of aromatic amines is 1. The van der Waals surface area contributed by atoms with Gasteiger partial charge in [-0.25, -0.2) is 4.79 Å². The van der Waals surface area contributed by atoms with Gasteiger partial charge in [-0.3, -0.25) is 5.10 Å². The van der Waals surface area contributed by atoms with Gasteiger partial charge in [-0.05, 0) is 25.5 Å². The van der Waals surface area contributed by atoms with E-state index in [0.717, 1.165) is 23.5 Å². The number of carbonyl (C=O) groups is 1. The molecule has 3 N–H and O–H groups in total. The van der Waals surface area contributed by atoms with Crippen LogP contribution in [-0.4, -0.2) is 21.3 Å². The van der Waals surface area contributed by atoms with Crippen LogP contribution in [0.5, 0.6) is 0 Å². The second-order valence-electron chi connectivity index (χ2n) is 3.99. The van der Waals surface area contributed by atoms with Crippen LogP contribution in [0.2, 0.25) is 0 Å². The molecule has 1 aromatic carbocycles. The molecule has 5 heteroatoms. The van der Waals surface area contributed by atoms with Crippen molar-refractivity contribution in [1.82, 2.24) is 10.2 Å². The van der Waals surface area contributed by atoms with Gasteiger partial charge in [0.25, 0.3) is 0 Å². The normalized spacial score (nSPS) is 10.3. The number of benzene rings is 1. The molecule has 0 saturated heterocycles. The van der Waals surface area contributed by atoms with Gasteiger partial charge in [0, 0.05) is 5.56 Å². The summed E-state index contributed by atoms with van der Waals surface area (Å²) in [5.41, 5.74) is 2.79. The molecule has 0 saturated carbocycles. The number of hydrogen-bond donors (Lipinski definition) is 3. The zero-order valence-electron chi connectivity index (χ0n) is 10.3. The average molecular weight is 245 g/mol. The minimum Gasteiger partial charge on any atom is -0.478 e. The van der Waals surface area contributed by atoms with E-state index in [4.69, 9.17) is 5.11 Å². The van der Waals surface area contributed by atoms with Gasteiger partial charge in [0.1, 0.15) is 5.82 Å². The highest BCUT2D eigenvalue weighted by Gasteiger charge is 2.12. The fourth-order valence-corrected chi connectivity index (χ4v) is 1.90. The number of aryl methyl sites for hydroxylation is 1. The van der Waals surface area contributed by atoms with Gasteiger partial charge in [-0.2, -0.15) is 5.10 Å². The van der Waals surface area contributed by atoms with Crippen molar-refractivity contribution in [1.29, 1.82) is 0 Å². The first-order chi connectivity index (χ1) is 8.63. The van der Waals surface area contributed by atoms with E-state index in [-0.39, 0.29) is 5.56 Å². The van der Waals surface area contributed by atoms with Crippen molar-refractivity contribution in [2.24, 2.45) is 0 Å². The minimum atomic E-state index is -0.951.